The standard InChI is InChI=1S/C20H17F4N3O/c1-13-3-4-15(9-18(13)26-8-7-25-11-26)14(2)27(12-28)19-10-16(20(22,23)24)5-6-17(19)21/h3-12,14H,1-2H3/t14-/m0/s1. The molecule has 0 spiro atoms. The third-order valence-corrected chi connectivity index (χ3v) is 4.58. The molecule has 0 unspecified atom stereocenters. The second-order valence-corrected chi connectivity index (χ2v) is 6.37. The minimum absolute atomic E-state index is 0.333. The molecule has 1 amide bonds. The Balaban J connectivity index is 2.03. The molecule has 2 aromatic carbocycles. The molecule has 0 N–H and O–H groups in total. The summed E-state index contributed by atoms with van der Waals surface area (Å²) in [6.45, 7) is 3.52. The second-order valence-electron chi connectivity index (χ2n) is 6.37. The second kappa shape index (κ2) is 7.46. The molecular formula is C20H17F4N3O. The fourth-order valence-corrected chi connectivity index (χ4v) is 2.97. The van der Waals surface area contributed by atoms with Gasteiger partial charge in [-0.1, -0.05) is 12.1 Å². The van der Waals surface area contributed by atoms with Crippen LogP contribution in [0, 0.1) is 12.7 Å². The summed E-state index contributed by atoms with van der Waals surface area (Å²) in [5.74, 6) is -0.908. The molecule has 1 atom stereocenters. The molecule has 28 heavy (non-hydrogen) atoms. The molecule has 3 rings (SSSR count). The summed E-state index contributed by atoms with van der Waals surface area (Å²) in [5, 5.41) is 0. The van der Waals surface area contributed by atoms with Gasteiger partial charge in [0.05, 0.1) is 23.6 Å². The van der Waals surface area contributed by atoms with Gasteiger partial charge in [-0.2, -0.15) is 13.2 Å². The van der Waals surface area contributed by atoms with Crippen molar-refractivity contribution in [3.63, 3.8) is 0 Å². The number of imidazole rings is 1. The number of hydrogen-bond acceptors (Lipinski definition) is 2. The van der Waals surface area contributed by atoms with Crippen molar-refractivity contribution in [2.75, 3.05) is 4.90 Å². The average Bonchev–Trinajstić information content (AvgIpc) is 3.17. The van der Waals surface area contributed by atoms with E-state index in [1.54, 1.807) is 42.3 Å². The number of carbonyl (C=O) groups is 1. The quantitative estimate of drug-likeness (QED) is 0.450. The van der Waals surface area contributed by atoms with Crippen molar-refractivity contribution in [2.24, 2.45) is 0 Å². The van der Waals surface area contributed by atoms with Crippen LogP contribution in [0.25, 0.3) is 5.69 Å². The molecule has 0 aliphatic heterocycles. The first-order valence-corrected chi connectivity index (χ1v) is 8.41. The van der Waals surface area contributed by atoms with Crippen molar-refractivity contribution in [3.05, 3.63) is 77.6 Å². The Hall–Kier alpha value is -3.16. The lowest BCUT2D eigenvalue weighted by atomic mass is 10.0. The monoisotopic (exact) mass is 391 g/mol. The zero-order chi connectivity index (χ0) is 20.5. The molecule has 0 saturated carbocycles. The van der Waals surface area contributed by atoms with Crippen LogP contribution in [-0.4, -0.2) is 16.0 Å². The summed E-state index contributed by atoms with van der Waals surface area (Å²) in [6.07, 6.45) is 0.672. The predicted molar refractivity (Wildman–Crippen MR) is 96.7 cm³/mol. The Kier molecular flexibility index (Phi) is 5.22. The number of nitrogens with zero attached hydrogens (tertiary/aromatic N) is 3. The van der Waals surface area contributed by atoms with Crippen LogP contribution in [0.1, 0.15) is 29.7 Å². The highest BCUT2D eigenvalue weighted by Gasteiger charge is 2.32. The molecule has 0 radical (unpaired) electrons. The molecule has 8 heteroatoms. The van der Waals surface area contributed by atoms with Crippen LogP contribution in [0.5, 0.6) is 0 Å². The van der Waals surface area contributed by atoms with E-state index in [-0.39, 0.29) is 0 Å². The molecule has 0 saturated heterocycles. The Bertz CT molecular complexity index is 984. The van der Waals surface area contributed by atoms with Crippen molar-refractivity contribution in [3.8, 4) is 5.69 Å². The van der Waals surface area contributed by atoms with Crippen molar-refractivity contribution < 1.29 is 22.4 Å². The number of alkyl halides is 3. The van der Waals surface area contributed by atoms with E-state index in [0.717, 1.165) is 16.2 Å². The van der Waals surface area contributed by atoms with Gasteiger partial charge in [-0.25, -0.2) is 9.37 Å². The van der Waals surface area contributed by atoms with Crippen LogP contribution in [0.4, 0.5) is 23.2 Å². The molecule has 0 aliphatic carbocycles. The van der Waals surface area contributed by atoms with Gasteiger partial charge in [-0.05, 0) is 49.2 Å². The summed E-state index contributed by atoms with van der Waals surface area (Å²) in [4.78, 5) is 16.6. The van der Waals surface area contributed by atoms with E-state index in [2.05, 4.69) is 4.98 Å². The summed E-state index contributed by atoms with van der Waals surface area (Å²) >= 11 is 0. The van der Waals surface area contributed by atoms with Crippen molar-refractivity contribution in [1.82, 2.24) is 9.55 Å². The van der Waals surface area contributed by atoms with E-state index in [0.29, 0.717) is 30.2 Å². The maximum atomic E-state index is 14.3. The lowest BCUT2D eigenvalue weighted by Crippen LogP contribution is -2.26. The van der Waals surface area contributed by atoms with Crippen LogP contribution >= 0.6 is 0 Å². The molecular weight excluding hydrogens is 374 g/mol. The summed E-state index contributed by atoms with van der Waals surface area (Å²) in [7, 11) is 0. The highest BCUT2D eigenvalue weighted by Crippen LogP contribution is 2.35. The Morgan fingerprint density at radius 1 is 1.18 bits per heavy atom. The average molecular weight is 391 g/mol. The Morgan fingerprint density at radius 2 is 1.93 bits per heavy atom. The first-order valence-electron chi connectivity index (χ1n) is 8.41. The highest BCUT2D eigenvalue weighted by molar-refractivity contribution is 5.77. The van der Waals surface area contributed by atoms with E-state index in [1.807, 2.05) is 13.0 Å². The number of benzene rings is 2. The number of anilines is 1. The topological polar surface area (TPSA) is 38.1 Å². The number of halogens is 4. The van der Waals surface area contributed by atoms with Crippen LogP contribution in [0.3, 0.4) is 0 Å². The Labute approximate surface area is 159 Å². The molecule has 3 aromatic rings. The lowest BCUT2D eigenvalue weighted by Gasteiger charge is -2.27. The van der Waals surface area contributed by atoms with Gasteiger partial charge in [0.15, 0.2) is 0 Å². The number of hydrogen-bond donors (Lipinski definition) is 0. The number of amides is 1. The van der Waals surface area contributed by atoms with Gasteiger partial charge < -0.3 is 9.47 Å². The van der Waals surface area contributed by atoms with Crippen molar-refractivity contribution in [2.45, 2.75) is 26.1 Å². The van der Waals surface area contributed by atoms with E-state index < -0.39 is 29.3 Å². The third-order valence-electron chi connectivity index (χ3n) is 4.58. The first kappa shape index (κ1) is 19.6. The van der Waals surface area contributed by atoms with Crippen LogP contribution in [-0.2, 0) is 11.0 Å². The number of carbonyl (C=O) groups excluding carboxylic acids is 1. The SMILES string of the molecule is Cc1ccc([C@H](C)N(C=O)c2cc(C(F)(F)F)ccc2F)cc1-n1ccnc1. The lowest BCUT2D eigenvalue weighted by molar-refractivity contribution is -0.137. The van der Waals surface area contributed by atoms with E-state index in [9.17, 15) is 22.4 Å². The van der Waals surface area contributed by atoms with Crippen molar-refractivity contribution >= 4 is 12.1 Å². The fourth-order valence-electron chi connectivity index (χ4n) is 2.97. The van der Waals surface area contributed by atoms with Gasteiger partial charge in [-0.3, -0.25) is 4.79 Å². The van der Waals surface area contributed by atoms with Crippen LogP contribution in [0.2, 0.25) is 0 Å². The van der Waals surface area contributed by atoms with Gasteiger partial charge in [0.25, 0.3) is 0 Å². The predicted octanol–water partition coefficient (Wildman–Crippen LogP) is 5.06. The maximum Gasteiger partial charge on any atom is 0.416 e. The molecule has 1 heterocycles. The highest BCUT2D eigenvalue weighted by atomic mass is 19.4. The molecule has 4 nitrogen and oxygen atoms in total. The zero-order valence-corrected chi connectivity index (χ0v) is 15.1. The molecule has 1 aromatic heterocycles. The van der Waals surface area contributed by atoms with Crippen LogP contribution < -0.4 is 4.90 Å². The summed E-state index contributed by atoms with van der Waals surface area (Å²) in [5.41, 5.74) is 0.931. The van der Waals surface area contributed by atoms with E-state index >= 15 is 0 Å². The first-order chi connectivity index (χ1) is 13.2. The molecule has 0 aliphatic rings. The maximum absolute atomic E-state index is 14.3. The summed E-state index contributed by atoms with van der Waals surface area (Å²) < 4.78 is 55.1. The van der Waals surface area contributed by atoms with E-state index in [1.165, 1.54) is 0 Å². The fraction of sp³-hybridized carbons (Fsp3) is 0.200. The smallest absolute Gasteiger partial charge is 0.306 e. The summed E-state index contributed by atoms with van der Waals surface area (Å²) in [6, 6.07) is 6.69. The van der Waals surface area contributed by atoms with Gasteiger partial charge in [0.1, 0.15) is 5.82 Å². The number of aryl methyl sites for hydroxylation is 1. The van der Waals surface area contributed by atoms with Crippen LogP contribution in [0.15, 0.2) is 55.1 Å². The van der Waals surface area contributed by atoms with Crippen molar-refractivity contribution in [1.29, 1.82) is 0 Å². The minimum Gasteiger partial charge on any atom is -0.306 e. The third kappa shape index (κ3) is 3.76. The molecule has 0 fully saturated rings. The largest absolute Gasteiger partial charge is 0.416 e. The molecule has 146 valence electrons. The Morgan fingerprint density at radius 3 is 2.54 bits per heavy atom. The normalized spacial score (nSPS) is 12.6. The molecule has 0 bridgehead atoms. The van der Waals surface area contributed by atoms with Gasteiger partial charge in [0, 0.05) is 18.1 Å². The number of aromatic nitrogens is 2. The van der Waals surface area contributed by atoms with Gasteiger partial charge in [0.2, 0.25) is 6.41 Å². The van der Waals surface area contributed by atoms with Gasteiger partial charge in [-0.15, -0.1) is 0 Å². The van der Waals surface area contributed by atoms with Gasteiger partial charge >= 0.3 is 6.18 Å². The zero-order valence-electron chi connectivity index (χ0n) is 15.1. The number of rotatable bonds is 5. The van der Waals surface area contributed by atoms with E-state index in [4.69, 9.17) is 0 Å². The minimum atomic E-state index is -4.64.